The molecule has 0 saturated heterocycles. The molecule has 8 nitrogen and oxygen atoms in total. The molecule has 1 unspecified atom stereocenters. The minimum atomic E-state index is -0.824. The van der Waals surface area contributed by atoms with E-state index in [2.05, 4.69) is 10.3 Å². The van der Waals surface area contributed by atoms with Gasteiger partial charge < -0.3 is 29.1 Å². The lowest BCUT2D eigenvalue weighted by Crippen LogP contribution is -2.35. The van der Waals surface area contributed by atoms with Crippen LogP contribution >= 0.6 is 0 Å². The first kappa shape index (κ1) is 20.7. The van der Waals surface area contributed by atoms with Crippen LogP contribution in [0.4, 0.5) is 0 Å². The molecule has 0 saturated carbocycles. The van der Waals surface area contributed by atoms with Gasteiger partial charge in [0.2, 0.25) is 12.7 Å². The maximum absolute atomic E-state index is 12.0. The van der Waals surface area contributed by atoms with Crippen LogP contribution in [-0.4, -0.2) is 42.0 Å². The number of aliphatic hydroxyl groups excluding tert-OH is 1. The smallest absolute Gasteiger partial charge is 0.231 e. The molecule has 0 aliphatic carbocycles. The number of hydrogen-bond acceptors (Lipinski definition) is 7. The van der Waals surface area contributed by atoms with E-state index in [4.69, 9.17) is 18.6 Å². The van der Waals surface area contributed by atoms with Crippen LogP contribution in [0.1, 0.15) is 18.7 Å². The number of nitrogens with one attached hydrogen (secondary N) is 1. The van der Waals surface area contributed by atoms with Crippen LogP contribution in [-0.2, 0) is 11.2 Å². The Morgan fingerprint density at radius 1 is 1.16 bits per heavy atom. The van der Waals surface area contributed by atoms with E-state index in [1.807, 2.05) is 30.3 Å². The summed E-state index contributed by atoms with van der Waals surface area (Å²) in [6.07, 6.45) is 2.36. The Hall–Kier alpha value is -3.52. The zero-order chi connectivity index (χ0) is 21.5. The number of carbonyl (C=O) groups excluding carboxylic acids is 1. The molecule has 0 radical (unpaired) electrons. The first-order valence-electron chi connectivity index (χ1n) is 10.1. The quantitative estimate of drug-likeness (QED) is 0.516. The van der Waals surface area contributed by atoms with Crippen molar-refractivity contribution >= 4 is 5.91 Å². The average Bonchev–Trinajstić information content (AvgIpc) is 3.46. The Morgan fingerprint density at radius 3 is 2.87 bits per heavy atom. The van der Waals surface area contributed by atoms with Crippen molar-refractivity contribution in [2.75, 3.05) is 19.9 Å². The Morgan fingerprint density at radius 2 is 2.00 bits per heavy atom. The molecule has 4 rings (SSSR count). The molecule has 1 aliphatic rings. The third-order valence-electron chi connectivity index (χ3n) is 4.73. The summed E-state index contributed by atoms with van der Waals surface area (Å²) in [6.45, 7) is 0.358. The maximum Gasteiger partial charge on any atom is 0.231 e. The van der Waals surface area contributed by atoms with Gasteiger partial charge >= 0.3 is 0 Å². The lowest BCUT2D eigenvalue weighted by atomic mass is 10.2. The zero-order valence-corrected chi connectivity index (χ0v) is 17.0. The van der Waals surface area contributed by atoms with Gasteiger partial charge in [0.05, 0.1) is 6.20 Å². The topological polar surface area (TPSA) is 103 Å². The van der Waals surface area contributed by atoms with E-state index in [0.29, 0.717) is 48.2 Å². The van der Waals surface area contributed by atoms with Gasteiger partial charge in [-0.2, -0.15) is 0 Å². The highest BCUT2D eigenvalue weighted by Crippen LogP contribution is 2.35. The maximum atomic E-state index is 12.0. The fourth-order valence-corrected chi connectivity index (χ4v) is 3.10. The lowest BCUT2D eigenvalue weighted by molar-refractivity contribution is -0.121. The van der Waals surface area contributed by atoms with Crippen molar-refractivity contribution in [3.05, 3.63) is 60.6 Å². The number of rotatable bonds is 10. The molecule has 0 spiro atoms. The number of amides is 1. The summed E-state index contributed by atoms with van der Waals surface area (Å²) in [5.41, 5.74) is 0.968. The van der Waals surface area contributed by atoms with Gasteiger partial charge in [-0.1, -0.05) is 30.3 Å². The second kappa shape index (κ2) is 9.99. The molecule has 162 valence electrons. The third-order valence-corrected chi connectivity index (χ3v) is 4.73. The summed E-state index contributed by atoms with van der Waals surface area (Å²) in [7, 11) is 0. The molecular weight excluding hydrogens is 400 g/mol. The molecular formula is C23H24N2O6. The second-order valence-corrected chi connectivity index (χ2v) is 7.12. The minimum Gasteiger partial charge on any atom is -0.491 e. The highest BCUT2D eigenvalue weighted by Gasteiger charge is 2.15. The molecule has 1 amide bonds. The molecule has 31 heavy (non-hydrogen) atoms. The van der Waals surface area contributed by atoms with Gasteiger partial charge in [-0.25, -0.2) is 4.98 Å². The van der Waals surface area contributed by atoms with E-state index in [1.54, 1.807) is 24.4 Å². The molecule has 3 aromatic rings. The van der Waals surface area contributed by atoms with E-state index in [0.717, 1.165) is 5.56 Å². The largest absolute Gasteiger partial charge is 0.491 e. The van der Waals surface area contributed by atoms with Crippen molar-refractivity contribution in [3.63, 3.8) is 0 Å². The number of benzene rings is 2. The first-order valence-corrected chi connectivity index (χ1v) is 10.1. The molecule has 1 atom stereocenters. The SMILES string of the molecule is O=C(CCCc1ncc(-c2ccccc2)o1)NCC(O)COc1ccc2c(c1)OCO2. The highest BCUT2D eigenvalue weighted by molar-refractivity contribution is 5.75. The van der Waals surface area contributed by atoms with Crippen molar-refractivity contribution in [1.82, 2.24) is 10.3 Å². The Labute approximate surface area is 179 Å². The number of ether oxygens (including phenoxy) is 3. The summed E-state index contributed by atoms with van der Waals surface area (Å²) in [5, 5.41) is 12.8. The molecule has 2 N–H and O–H groups in total. The minimum absolute atomic E-state index is 0.0541. The molecule has 0 fully saturated rings. The Bertz CT molecular complexity index is 1000. The van der Waals surface area contributed by atoms with Gasteiger partial charge in [-0.05, 0) is 18.6 Å². The van der Waals surface area contributed by atoms with Crippen molar-refractivity contribution in [3.8, 4) is 28.6 Å². The van der Waals surface area contributed by atoms with E-state index >= 15 is 0 Å². The predicted molar refractivity (Wildman–Crippen MR) is 112 cm³/mol. The molecule has 8 heteroatoms. The monoisotopic (exact) mass is 424 g/mol. The van der Waals surface area contributed by atoms with Crippen molar-refractivity contribution in [2.24, 2.45) is 0 Å². The molecule has 1 aromatic heterocycles. The summed E-state index contributed by atoms with van der Waals surface area (Å²) in [5.74, 6) is 3.02. The van der Waals surface area contributed by atoms with Gasteiger partial charge in [-0.3, -0.25) is 4.79 Å². The van der Waals surface area contributed by atoms with Gasteiger partial charge in [0.25, 0.3) is 0 Å². The highest BCUT2D eigenvalue weighted by atomic mass is 16.7. The summed E-state index contributed by atoms with van der Waals surface area (Å²) in [4.78, 5) is 16.3. The molecule has 1 aliphatic heterocycles. The normalized spacial score (nSPS) is 13.1. The van der Waals surface area contributed by atoms with Crippen molar-refractivity contribution in [1.29, 1.82) is 0 Å². The van der Waals surface area contributed by atoms with Crippen LogP contribution in [0, 0.1) is 0 Å². The van der Waals surface area contributed by atoms with Crippen molar-refractivity contribution in [2.45, 2.75) is 25.4 Å². The summed E-state index contributed by atoms with van der Waals surface area (Å²) < 4.78 is 21.8. The van der Waals surface area contributed by atoms with Gasteiger partial charge in [-0.15, -0.1) is 0 Å². The second-order valence-electron chi connectivity index (χ2n) is 7.12. The Balaban J connectivity index is 1.12. The van der Waals surface area contributed by atoms with Crippen LogP contribution < -0.4 is 19.5 Å². The lowest BCUT2D eigenvalue weighted by Gasteiger charge is -2.13. The van der Waals surface area contributed by atoms with Crippen LogP contribution in [0.15, 0.2) is 59.1 Å². The van der Waals surface area contributed by atoms with Crippen LogP contribution in [0.5, 0.6) is 17.2 Å². The number of fused-ring (bicyclic) bond motifs is 1. The van der Waals surface area contributed by atoms with Gasteiger partial charge in [0, 0.05) is 31.0 Å². The number of oxazole rings is 1. The van der Waals surface area contributed by atoms with E-state index < -0.39 is 6.10 Å². The number of nitrogens with zero attached hydrogens (tertiary/aromatic N) is 1. The average molecular weight is 424 g/mol. The van der Waals surface area contributed by atoms with Crippen LogP contribution in [0.25, 0.3) is 11.3 Å². The molecule has 2 aromatic carbocycles. The van der Waals surface area contributed by atoms with E-state index in [-0.39, 0.29) is 25.9 Å². The first-order chi connectivity index (χ1) is 15.2. The van der Waals surface area contributed by atoms with Crippen LogP contribution in [0.2, 0.25) is 0 Å². The number of aryl methyl sites for hydroxylation is 1. The fraction of sp³-hybridized carbons (Fsp3) is 0.304. The summed E-state index contributed by atoms with van der Waals surface area (Å²) >= 11 is 0. The standard InChI is InChI=1S/C23H24N2O6/c26-17(14-28-18-9-10-19-20(11-18)30-15-29-19)12-24-22(27)7-4-8-23-25-13-21(31-23)16-5-2-1-3-6-16/h1-3,5-6,9-11,13,17,26H,4,7-8,12,14-15H2,(H,24,27). The number of hydrogen-bond donors (Lipinski definition) is 2. The fourth-order valence-electron chi connectivity index (χ4n) is 3.10. The van der Waals surface area contributed by atoms with Crippen LogP contribution in [0.3, 0.4) is 0 Å². The van der Waals surface area contributed by atoms with Gasteiger partial charge in [0.15, 0.2) is 23.1 Å². The van der Waals surface area contributed by atoms with E-state index in [1.165, 1.54) is 0 Å². The van der Waals surface area contributed by atoms with Gasteiger partial charge in [0.1, 0.15) is 18.5 Å². The molecule has 0 bridgehead atoms. The third kappa shape index (κ3) is 5.76. The van der Waals surface area contributed by atoms with Crippen molar-refractivity contribution < 1.29 is 28.5 Å². The molecule has 2 heterocycles. The number of aliphatic hydroxyl groups is 1. The number of aromatic nitrogens is 1. The van der Waals surface area contributed by atoms with E-state index in [9.17, 15) is 9.90 Å². The summed E-state index contributed by atoms with van der Waals surface area (Å²) in [6, 6.07) is 14.9. The predicted octanol–water partition coefficient (Wildman–Crippen LogP) is 2.95. The number of carbonyl (C=O) groups is 1. The Kier molecular flexibility index (Phi) is 6.68. The zero-order valence-electron chi connectivity index (χ0n) is 17.0.